The summed E-state index contributed by atoms with van der Waals surface area (Å²) in [6.07, 6.45) is 1.87. The van der Waals surface area contributed by atoms with E-state index in [1.165, 1.54) is 7.11 Å². The lowest BCUT2D eigenvalue weighted by molar-refractivity contribution is -0.148. The summed E-state index contributed by atoms with van der Waals surface area (Å²) in [6.45, 7) is 8.73. The van der Waals surface area contributed by atoms with Gasteiger partial charge in [0, 0.05) is 12.5 Å². The number of hydrogen-bond donors (Lipinski definition) is 2. The van der Waals surface area contributed by atoms with E-state index in [0.717, 1.165) is 36.0 Å². The SMILES string of the molecule is COC(=O)CNC(=O)C(c1c(C)cccc1C)N(C(=O)C(Cc1ccccc1)NC(=O)OC(C)(C)C)C1CCC1. The Morgan fingerprint density at radius 3 is 2.12 bits per heavy atom. The third kappa shape index (κ3) is 8.07. The van der Waals surface area contributed by atoms with Crippen LogP contribution in [0.3, 0.4) is 0 Å². The van der Waals surface area contributed by atoms with Crippen LogP contribution in [0.1, 0.15) is 68.3 Å². The Balaban J connectivity index is 2.07. The van der Waals surface area contributed by atoms with Gasteiger partial charge < -0.3 is 25.0 Å². The molecule has 9 nitrogen and oxygen atoms in total. The molecule has 40 heavy (non-hydrogen) atoms. The summed E-state index contributed by atoms with van der Waals surface area (Å²) >= 11 is 0. The van der Waals surface area contributed by atoms with Gasteiger partial charge in [0.15, 0.2) is 0 Å². The van der Waals surface area contributed by atoms with Gasteiger partial charge >= 0.3 is 12.1 Å². The molecule has 2 unspecified atom stereocenters. The second kappa shape index (κ2) is 13.5. The molecule has 0 bridgehead atoms. The van der Waals surface area contributed by atoms with Crippen molar-refractivity contribution in [2.75, 3.05) is 13.7 Å². The van der Waals surface area contributed by atoms with Crippen LogP contribution in [-0.2, 0) is 30.3 Å². The lowest BCUT2D eigenvalue weighted by Gasteiger charge is -2.44. The Bertz CT molecular complexity index is 1180. The van der Waals surface area contributed by atoms with Crippen molar-refractivity contribution in [1.29, 1.82) is 0 Å². The second-order valence-corrected chi connectivity index (χ2v) is 11.2. The van der Waals surface area contributed by atoms with Crippen molar-refractivity contribution < 1.29 is 28.7 Å². The summed E-state index contributed by atoms with van der Waals surface area (Å²) in [5, 5.41) is 5.45. The van der Waals surface area contributed by atoms with E-state index in [1.54, 1.807) is 25.7 Å². The standard InChI is InChI=1S/C31H41N3O6/c1-20-12-10-13-21(2)26(20)27(28(36)32-19-25(35)39-6)34(23-16-11-17-23)29(37)24(18-22-14-8-7-9-15-22)33-30(38)40-31(3,4)5/h7-10,12-15,23-24,27H,11,16-19H2,1-6H3,(H,32,36)(H,33,38). The van der Waals surface area contributed by atoms with E-state index in [0.29, 0.717) is 5.56 Å². The monoisotopic (exact) mass is 551 g/mol. The molecule has 1 aliphatic carbocycles. The number of ether oxygens (including phenoxy) is 2. The van der Waals surface area contributed by atoms with Crippen molar-refractivity contribution in [3.8, 4) is 0 Å². The average molecular weight is 552 g/mol. The van der Waals surface area contributed by atoms with E-state index < -0.39 is 35.7 Å². The maximum absolute atomic E-state index is 14.5. The predicted molar refractivity (Wildman–Crippen MR) is 151 cm³/mol. The van der Waals surface area contributed by atoms with Gasteiger partial charge in [-0.1, -0.05) is 48.5 Å². The molecule has 0 spiro atoms. The predicted octanol–water partition coefficient (Wildman–Crippen LogP) is 4.15. The number of alkyl carbamates (subject to hydrolysis) is 1. The fraction of sp³-hybridized carbons (Fsp3) is 0.484. The van der Waals surface area contributed by atoms with Gasteiger partial charge in [0.05, 0.1) is 7.11 Å². The molecule has 2 N–H and O–H groups in total. The first kappa shape index (κ1) is 30.7. The van der Waals surface area contributed by atoms with Gasteiger partial charge in [0.2, 0.25) is 11.8 Å². The van der Waals surface area contributed by atoms with E-state index >= 15 is 0 Å². The lowest BCUT2D eigenvalue weighted by Crippen LogP contribution is -2.58. The summed E-state index contributed by atoms with van der Waals surface area (Å²) in [5.74, 6) is -1.47. The summed E-state index contributed by atoms with van der Waals surface area (Å²) in [4.78, 5) is 54.7. The number of amides is 3. The van der Waals surface area contributed by atoms with E-state index in [9.17, 15) is 19.2 Å². The van der Waals surface area contributed by atoms with Gasteiger partial charge in [-0.25, -0.2) is 4.79 Å². The normalized spacial score (nSPS) is 14.8. The zero-order valence-electron chi connectivity index (χ0n) is 24.3. The highest BCUT2D eigenvalue weighted by Gasteiger charge is 2.43. The first-order chi connectivity index (χ1) is 18.9. The molecule has 0 aromatic heterocycles. The Labute approximate surface area is 236 Å². The van der Waals surface area contributed by atoms with Crippen molar-refractivity contribution in [3.63, 3.8) is 0 Å². The number of methoxy groups -OCH3 is 1. The molecule has 1 aliphatic rings. The van der Waals surface area contributed by atoms with Gasteiger partial charge in [-0.15, -0.1) is 0 Å². The van der Waals surface area contributed by atoms with Crippen LogP contribution in [0, 0.1) is 13.8 Å². The summed E-state index contributed by atoms with van der Waals surface area (Å²) in [5.41, 5.74) is 2.47. The zero-order chi connectivity index (χ0) is 29.4. The topological polar surface area (TPSA) is 114 Å². The van der Waals surface area contributed by atoms with Crippen LogP contribution in [0.25, 0.3) is 0 Å². The number of aryl methyl sites for hydroxylation is 2. The second-order valence-electron chi connectivity index (χ2n) is 11.2. The fourth-order valence-electron chi connectivity index (χ4n) is 4.85. The van der Waals surface area contributed by atoms with Gasteiger partial charge in [0.1, 0.15) is 24.2 Å². The third-order valence-electron chi connectivity index (χ3n) is 6.97. The molecule has 2 aromatic rings. The van der Waals surface area contributed by atoms with Crippen LogP contribution in [0.4, 0.5) is 4.79 Å². The maximum Gasteiger partial charge on any atom is 0.408 e. The van der Waals surface area contributed by atoms with Gasteiger partial charge in [0.25, 0.3) is 0 Å². The first-order valence-electron chi connectivity index (χ1n) is 13.7. The highest BCUT2D eigenvalue weighted by molar-refractivity contribution is 5.94. The van der Waals surface area contributed by atoms with Crippen LogP contribution in [0.15, 0.2) is 48.5 Å². The van der Waals surface area contributed by atoms with E-state index in [4.69, 9.17) is 9.47 Å². The molecule has 9 heteroatoms. The molecule has 2 aromatic carbocycles. The molecule has 0 radical (unpaired) electrons. The third-order valence-corrected chi connectivity index (χ3v) is 6.97. The van der Waals surface area contributed by atoms with Crippen molar-refractivity contribution in [1.82, 2.24) is 15.5 Å². The molecule has 3 rings (SSSR count). The molecule has 216 valence electrons. The van der Waals surface area contributed by atoms with Crippen molar-refractivity contribution in [2.45, 2.75) is 84.0 Å². The molecule has 1 fully saturated rings. The smallest absolute Gasteiger partial charge is 0.408 e. The molecule has 0 aliphatic heterocycles. The van der Waals surface area contributed by atoms with Crippen LogP contribution in [-0.4, -0.2) is 60.1 Å². The number of nitrogens with one attached hydrogen (secondary N) is 2. The minimum Gasteiger partial charge on any atom is -0.468 e. The number of carbonyl (C=O) groups excluding carboxylic acids is 4. The average Bonchev–Trinajstić information content (AvgIpc) is 2.85. The number of carbonyl (C=O) groups is 4. The first-order valence-corrected chi connectivity index (χ1v) is 13.7. The molecular weight excluding hydrogens is 510 g/mol. The summed E-state index contributed by atoms with van der Waals surface area (Å²) in [6, 6.07) is 12.9. The van der Waals surface area contributed by atoms with Crippen molar-refractivity contribution in [2.24, 2.45) is 0 Å². The number of esters is 1. The Kier molecular flexibility index (Phi) is 10.3. The van der Waals surface area contributed by atoms with Crippen LogP contribution < -0.4 is 10.6 Å². The Morgan fingerprint density at radius 1 is 0.975 bits per heavy atom. The summed E-state index contributed by atoms with van der Waals surface area (Å²) in [7, 11) is 1.25. The Morgan fingerprint density at radius 2 is 1.60 bits per heavy atom. The number of hydrogen-bond acceptors (Lipinski definition) is 6. The molecular formula is C31H41N3O6. The minimum absolute atomic E-state index is 0.209. The van der Waals surface area contributed by atoms with Gasteiger partial charge in [-0.05, 0) is 76.1 Å². The fourth-order valence-corrected chi connectivity index (χ4v) is 4.85. The molecule has 1 saturated carbocycles. The minimum atomic E-state index is -1.01. The van der Waals surface area contributed by atoms with Crippen molar-refractivity contribution in [3.05, 3.63) is 70.8 Å². The zero-order valence-corrected chi connectivity index (χ0v) is 24.3. The van der Waals surface area contributed by atoms with E-state index in [1.807, 2.05) is 62.4 Å². The molecule has 3 amide bonds. The highest BCUT2D eigenvalue weighted by Crippen LogP contribution is 2.36. The lowest BCUT2D eigenvalue weighted by atomic mass is 9.86. The van der Waals surface area contributed by atoms with Crippen LogP contribution in [0.5, 0.6) is 0 Å². The quantitative estimate of drug-likeness (QED) is 0.429. The van der Waals surface area contributed by atoms with Crippen LogP contribution >= 0.6 is 0 Å². The van der Waals surface area contributed by atoms with Crippen molar-refractivity contribution >= 4 is 23.9 Å². The maximum atomic E-state index is 14.5. The Hall–Kier alpha value is -3.88. The number of nitrogens with zero attached hydrogens (tertiary/aromatic N) is 1. The van der Waals surface area contributed by atoms with E-state index in [-0.39, 0.29) is 24.9 Å². The van der Waals surface area contributed by atoms with Gasteiger partial charge in [-0.3, -0.25) is 14.4 Å². The molecule has 0 heterocycles. The highest BCUT2D eigenvalue weighted by atomic mass is 16.6. The molecule has 0 saturated heterocycles. The number of rotatable bonds is 10. The van der Waals surface area contributed by atoms with Crippen LogP contribution in [0.2, 0.25) is 0 Å². The molecule has 2 atom stereocenters. The number of benzene rings is 2. The van der Waals surface area contributed by atoms with Gasteiger partial charge in [-0.2, -0.15) is 0 Å². The largest absolute Gasteiger partial charge is 0.468 e. The van der Waals surface area contributed by atoms with E-state index in [2.05, 4.69) is 10.6 Å². The summed E-state index contributed by atoms with van der Waals surface area (Å²) < 4.78 is 10.2.